The van der Waals surface area contributed by atoms with E-state index in [4.69, 9.17) is 5.73 Å². The van der Waals surface area contributed by atoms with Crippen molar-refractivity contribution in [3.05, 3.63) is 0 Å². The standard InChI is InChI=1S/C13H24N2O/c1-13(2,3)11(14)12(16)15-7-9-5-4-6-10(9)8-15/h9-11H,4-8,14H2,1-3H3/t9?,10?,11-/m1/s1. The zero-order valence-corrected chi connectivity index (χ0v) is 10.7. The normalized spacial score (nSPS) is 31.6. The summed E-state index contributed by atoms with van der Waals surface area (Å²) in [6.45, 7) is 8.01. The van der Waals surface area contributed by atoms with Crippen LogP contribution in [0.15, 0.2) is 0 Å². The smallest absolute Gasteiger partial charge is 0.240 e. The number of nitrogens with zero attached hydrogens (tertiary/aromatic N) is 1. The molecule has 1 amide bonds. The molecule has 0 bridgehead atoms. The molecule has 2 unspecified atom stereocenters. The maximum absolute atomic E-state index is 12.2. The molecule has 1 saturated heterocycles. The van der Waals surface area contributed by atoms with E-state index >= 15 is 0 Å². The summed E-state index contributed by atoms with van der Waals surface area (Å²) < 4.78 is 0. The van der Waals surface area contributed by atoms with E-state index in [9.17, 15) is 4.79 Å². The van der Waals surface area contributed by atoms with Crippen molar-refractivity contribution >= 4 is 5.91 Å². The number of carbonyl (C=O) groups excluding carboxylic acids is 1. The van der Waals surface area contributed by atoms with Crippen molar-refractivity contribution in [3.63, 3.8) is 0 Å². The summed E-state index contributed by atoms with van der Waals surface area (Å²) in [4.78, 5) is 14.2. The fraction of sp³-hybridized carbons (Fsp3) is 0.923. The molecule has 0 spiro atoms. The van der Waals surface area contributed by atoms with Gasteiger partial charge in [-0.25, -0.2) is 0 Å². The van der Waals surface area contributed by atoms with Gasteiger partial charge in [-0.05, 0) is 30.1 Å². The van der Waals surface area contributed by atoms with E-state index in [2.05, 4.69) is 0 Å². The minimum atomic E-state index is -0.355. The second-order valence-electron chi connectivity index (χ2n) is 6.54. The zero-order valence-electron chi connectivity index (χ0n) is 10.7. The van der Waals surface area contributed by atoms with Gasteiger partial charge in [-0.1, -0.05) is 27.2 Å². The molecule has 2 fully saturated rings. The Morgan fingerprint density at radius 1 is 1.25 bits per heavy atom. The van der Waals surface area contributed by atoms with Gasteiger partial charge in [-0.3, -0.25) is 4.79 Å². The summed E-state index contributed by atoms with van der Waals surface area (Å²) in [6.07, 6.45) is 3.96. The minimum absolute atomic E-state index is 0.130. The van der Waals surface area contributed by atoms with E-state index in [1.807, 2.05) is 25.7 Å². The van der Waals surface area contributed by atoms with Gasteiger partial charge >= 0.3 is 0 Å². The third kappa shape index (κ3) is 2.10. The van der Waals surface area contributed by atoms with E-state index in [1.54, 1.807) is 0 Å². The maximum Gasteiger partial charge on any atom is 0.240 e. The number of nitrogens with two attached hydrogens (primary N) is 1. The molecule has 2 N–H and O–H groups in total. The Morgan fingerprint density at radius 2 is 1.75 bits per heavy atom. The van der Waals surface area contributed by atoms with Crippen LogP contribution in [0.25, 0.3) is 0 Å². The Balaban J connectivity index is 1.97. The number of carbonyl (C=O) groups is 1. The van der Waals surface area contributed by atoms with Crippen LogP contribution < -0.4 is 5.73 Å². The van der Waals surface area contributed by atoms with Crippen LogP contribution in [0, 0.1) is 17.3 Å². The van der Waals surface area contributed by atoms with Gasteiger partial charge in [-0.15, -0.1) is 0 Å². The number of rotatable bonds is 1. The molecule has 1 aliphatic heterocycles. The minimum Gasteiger partial charge on any atom is -0.341 e. The molecule has 1 aliphatic carbocycles. The van der Waals surface area contributed by atoms with E-state index in [0.29, 0.717) is 0 Å². The number of amides is 1. The third-order valence-corrected chi connectivity index (χ3v) is 4.24. The van der Waals surface area contributed by atoms with Crippen molar-refractivity contribution in [2.45, 2.75) is 46.1 Å². The Bertz CT molecular complexity index is 270. The Hall–Kier alpha value is -0.570. The first kappa shape index (κ1) is 11.9. The zero-order chi connectivity index (χ0) is 11.9. The molecule has 2 aliphatic rings. The molecule has 92 valence electrons. The van der Waals surface area contributed by atoms with Crippen LogP contribution in [-0.4, -0.2) is 29.9 Å². The first-order valence-corrected chi connectivity index (χ1v) is 6.44. The van der Waals surface area contributed by atoms with Crippen molar-refractivity contribution < 1.29 is 4.79 Å². The highest BCUT2D eigenvalue weighted by Crippen LogP contribution is 2.38. The Labute approximate surface area is 98.4 Å². The van der Waals surface area contributed by atoms with E-state index < -0.39 is 0 Å². The molecule has 3 atom stereocenters. The lowest BCUT2D eigenvalue weighted by molar-refractivity contribution is -0.134. The molecule has 0 aromatic heterocycles. The van der Waals surface area contributed by atoms with Crippen molar-refractivity contribution in [1.82, 2.24) is 4.90 Å². The molecule has 0 radical (unpaired) electrons. The number of likely N-dealkylation sites (tertiary alicyclic amines) is 1. The maximum atomic E-state index is 12.2. The van der Waals surface area contributed by atoms with Crippen molar-refractivity contribution in [3.8, 4) is 0 Å². The summed E-state index contributed by atoms with van der Waals surface area (Å²) >= 11 is 0. The van der Waals surface area contributed by atoms with Crippen LogP contribution in [0.3, 0.4) is 0 Å². The molecule has 3 heteroatoms. The second kappa shape index (κ2) is 4.02. The third-order valence-electron chi connectivity index (χ3n) is 4.24. The average molecular weight is 224 g/mol. The summed E-state index contributed by atoms with van der Waals surface area (Å²) in [5.74, 6) is 1.68. The topological polar surface area (TPSA) is 46.3 Å². The molecular formula is C13H24N2O. The van der Waals surface area contributed by atoms with E-state index in [0.717, 1.165) is 24.9 Å². The van der Waals surface area contributed by atoms with Gasteiger partial charge in [0.1, 0.15) is 0 Å². The molecule has 2 rings (SSSR count). The Kier molecular flexibility index (Phi) is 2.99. The van der Waals surface area contributed by atoms with Crippen LogP contribution in [0.5, 0.6) is 0 Å². The van der Waals surface area contributed by atoms with Gasteiger partial charge in [0.05, 0.1) is 6.04 Å². The Morgan fingerprint density at radius 3 is 2.19 bits per heavy atom. The average Bonchev–Trinajstić information content (AvgIpc) is 2.72. The van der Waals surface area contributed by atoms with Crippen LogP contribution >= 0.6 is 0 Å². The number of hydrogen-bond acceptors (Lipinski definition) is 2. The SMILES string of the molecule is CC(C)(C)[C@H](N)C(=O)N1CC2CCCC2C1. The molecule has 0 aromatic rings. The van der Waals surface area contributed by atoms with Gasteiger partial charge in [0.15, 0.2) is 0 Å². The number of hydrogen-bond donors (Lipinski definition) is 1. The van der Waals surface area contributed by atoms with Crippen LogP contribution in [0.4, 0.5) is 0 Å². The first-order valence-electron chi connectivity index (χ1n) is 6.44. The van der Waals surface area contributed by atoms with Gasteiger partial charge < -0.3 is 10.6 Å². The lowest BCUT2D eigenvalue weighted by Gasteiger charge is -2.30. The quantitative estimate of drug-likeness (QED) is 0.735. The van der Waals surface area contributed by atoms with Gasteiger partial charge in [-0.2, -0.15) is 0 Å². The number of fused-ring (bicyclic) bond motifs is 1. The highest BCUT2D eigenvalue weighted by atomic mass is 16.2. The van der Waals surface area contributed by atoms with Gasteiger partial charge in [0.2, 0.25) is 5.91 Å². The van der Waals surface area contributed by atoms with Crippen molar-refractivity contribution in [1.29, 1.82) is 0 Å². The molecule has 16 heavy (non-hydrogen) atoms. The highest BCUT2D eigenvalue weighted by Gasteiger charge is 2.40. The van der Waals surface area contributed by atoms with Crippen LogP contribution in [0.1, 0.15) is 40.0 Å². The van der Waals surface area contributed by atoms with Gasteiger partial charge in [0.25, 0.3) is 0 Å². The predicted octanol–water partition coefficient (Wildman–Crippen LogP) is 1.62. The van der Waals surface area contributed by atoms with E-state index in [-0.39, 0.29) is 17.4 Å². The summed E-state index contributed by atoms with van der Waals surface area (Å²) in [5.41, 5.74) is 5.90. The lowest BCUT2D eigenvalue weighted by Crippen LogP contribution is -2.49. The van der Waals surface area contributed by atoms with Gasteiger partial charge in [0, 0.05) is 13.1 Å². The van der Waals surface area contributed by atoms with Crippen LogP contribution in [0.2, 0.25) is 0 Å². The largest absolute Gasteiger partial charge is 0.341 e. The summed E-state index contributed by atoms with van der Waals surface area (Å²) in [6, 6.07) is -0.355. The van der Waals surface area contributed by atoms with Crippen LogP contribution in [-0.2, 0) is 4.79 Å². The summed E-state index contributed by atoms with van der Waals surface area (Å²) in [7, 11) is 0. The molecule has 1 saturated carbocycles. The molecular weight excluding hydrogens is 200 g/mol. The molecule has 1 heterocycles. The molecule has 0 aromatic carbocycles. The fourth-order valence-corrected chi connectivity index (χ4v) is 2.98. The first-order chi connectivity index (χ1) is 7.39. The van der Waals surface area contributed by atoms with Crippen molar-refractivity contribution in [2.75, 3.05) is 13.1 Å². The van der Waals surface area contributed by atoms with Crippen molar-refractivity contribution in [2.24, 2.45) is 23.0 Å². The second-order valence-corrected chi connectivity index (χ2v) is 6.54. The summed E-state index contributed by atoms with van der Waals surface area (Å²) in [5, 5.41) is 0. The fourth-order valence-electron chi connectivity index (χ4n) is 2.98. The molecule has 3 nitrogen and oxygen atoms in total. The highest BCUT2D eigenvalue weighted by molar-refractivity contribution is 5.82. The lowest BCUT2D eigenvalue weighted by atomic mass is 9.86. The van der Waals surface area contributed by atoms with E-state index in [1.165, 1.54) is 19.3 Å². The monoisotopic (exact) mass is 224 g/mol. The predicted molar refractivity (Wildman–Crippen MR) is 64.8 cm³/mol.